The Labute approximate surface area is 93.3 Å². The molecule has 0 N–H and O–H groups in total. The van der Waals surface area contributed by atoms with E-state index in [9.17, 15) is 4.79 Å². The van der Waals surface area contributed by atoms with E-state index in [1.54, 1.807) is 6.92 Å². The van der Waals surface area contributed by atoms with E-state index in [0.29, 0.717) is 6.01 Å². The number of anilines is 1. The molecule has 90 valence electrons. The average Bonchev–Trinajstić information content (AvgIpc) is 2.68. The van der Waals surface area contributed by atoms with Crippen LogP contribution in [0.25, 0.3) is 0 Å². The fourth-order valence-corrected chi connectivity index (χ4v) is 1.09. The largest absolute Gasteiger partial charge is 0.516 e. The SMILES string of the molecule is CCOC(=O)Oc1noc(N(CC)CC)n1. The van der Waals surface area contributed by atoms with Crippen molar-refractivity contribution in [2.45, 2.75) is 20.8 Å². The van der Waals surface area contributed by atoms with Gasteiger partial charge in [-0.1, -0.05) is 0 Å². The van der Waals surface area contributed by atoms with Crippen LogP contribution in [0.5, 0.6) is 6.01 Å². The zero-order chi connectivity index (χ0) is 12.0. The third-order valence-corrected chi connectivity index (χ3v) is 1.87. The van der Waals surface area contributed by atoms with E-state index in [1.165, 1.54) is 0 Å². The molecule has 0 bridgehead atoms. The van der Waals surface area contributed by atoms with E-state index < -0.39 is 6.16 Å². The molecule has 0 saturated carbocycles. The van der Waals surface area contributed by atoms with Crippen molar-refractivity contribution < 1.29 is 18.8 Å². The second kappa shape index (κ2) is 5.94. The molecule has 0 aliphatic carbocycles. The van der Waals surface area contributed by atoms with E-state index in [0.717, 1.165) is 13.1 Å². The van der Waals surface area contributed by atoms with Crippen LogP contribution in [0.4, 0.5) is 10.8 Å². The number of carbonyl (C=O) groups is 1. The van der Waals surface area contributed by atoms with Gasteiger partial charge in [0, 0.05) is 13.1 Å². The summed E-state index contributed by atoms with van der Waals surface area (Å²) in [4.78, 5) is 16.7. The molecule has 0 amide bonds. The van der Waals surface area contributed by atoms with Crippen LogP contribution in [-0.4, -0.2) is 36.0 Å². The van der Waals surface area contributed by atoms with Gasteiger partial charge in [-0.2, -0.15) is 0 Å². The molecule has 1 heterocycles. The van der Waals surface area contributed by atoms with Crippen molar-refractivity contribution in [3.05, 3.63) is 0 Å². The van der Waals surface area contributed by atoms with E-state index in [2.05, 4.69) is 19.6 Å². The predicted molar refractivity (Wildman–Crippen MR) is 55.5 cm³/mol. The fraction of sp³-hybridized carbons (Fsp3) is 0.667. The van der Waals surface area contributed by atoms with Crippen LogP contribution in [-0.2, 0) is 4.74 Å². The standard InChI is InChI=1S/C9H15N3O4/c1-4-12(5-2)8-10-7(11-16-8)15-9(13)14-6-3/h4-6H2,1-3H3. The van der Waals surface area contributed by atoms with Crippen LogP contribution in [0.1, 0.15) is 20.8 Å². The molecule has 0 spiro atoms. The van der Waals surface area contributed by atoms with Gasteiger partial charge in [0.25, 0.3) is 0 Å². The summed E-state index contributed by atoms with van der Waals surface area (Å²) in [5.74, 6) is 0. The van der Waals surface area contributed by atoms with Crippen LogP contribution in [0, 0.1) is 0 Å². The first-order chi connectivity index (χ1) is 7.71. The summed E-state index contributed by atoms with van der Waals surface area (Å²) in [6, 6.07) is 0.185. The zero-order valence-electron chi connectivity index (χ0n) is 9.60. The number of rotatable bonds is 5. The lowest BCUT2D eigenvalue weighted by molar-refractivity contribution is 0.0995. The Balaban J connectivity index is 2.60. The van der Waals surface area contributed by atoms with Gasteiger partial charge in [-0.3, -0.25) is 0 Å². The van der Waals surface area contributed by atoms with Gasteiger partial charge in [0.2, 0.25) is 0 Å². The third kappa shape index (κ3) is 3.11. The highest BCUT2D eigenvalue weighted by molar-refractivity contribution is 5.62. The molecule has 1 aromatic rings. The predicted octanol–water partition coefficient (Wildman–Crippen LogP) is 1.45. The molecule has 0 unspecified atom stereocenters. The van der Waals surface area contributed by atoms with Crippen LogP contribution >= 0.6 is 0 Å². The van der Waals surface area contributed by atoms with E-state index >= 15 is 0 Å². The number of hydrogen-bond donors (Lipinski definition) is 0. The maximum atomic E-state index is 11.0. The summed E-state index contributed by atoms with van der Waals surface area (Å²) in [6.45, 7) is 7.30. The summed E-state index contributed by atoms with van der Waals surface area (Å²) < 4.78 is 14.2. The van der Waals surface area contributed by atoms with Crippen LogP contribution in [0.15, 0.2) is 4.52 Å². The van der Waals surface area contributed by atoms with Crippen LogP contribution in [0.2, 0.25) is 0 Å². The van der Waals surface area contributed by atoms with Gasteiger partial charge in [0.05, 0.1) is 6.61 Å². The molecule has 0 aromatic carbocycles. The van der Waals surface area contributed by atoms with Gasteiger partial charge < -0.3 is 18.9 Å². The lowest BCUT2D eigenvalue weighted by Crippen LogP contribution is -2.22. The lowest BCUT2D eigenvalue weighted by atomic mass is 10.5. The number of carbonyl (C=O) groups excluding carboxylic acids is 1. The zero-order valence-corrected chi connectivity index (χ0v) is 9.60. The quantitative estimate of drug-likeness (QED) is 0.707. The molecular weight excluding hydrogens is 214 g/mol. The van der Waals surface area contributed by atoms with Crippen LogP contribution in [0.3, 0.4) is 0 Å². The molecule has 0 radical (unpaired) electrons. The first-order valence-corrected chi connectivity index (χ1v) is 5.14. The first kappa shape index (κ1) is 12.3. The Hall–Kier alpha value is -1.79. The third-order valence-electron chi connectivity index (χ3n) is 1.87. The van der Waals surface area contributed by atoms with Crippen LogP contribution < -0.4 is 9.64 Å². The normalized spacial score (nSPS) is 9.94. The number of nitrogens with zero attached hydrogens (tertiary/aromatic N) is 3. The fourth-order valence-electron chi connectivity index (χ4n) is 1.09. The minimum atomic E-state index is -0.839. The maximum absolute atomic E-state index is 11.0. The van der Waals surface area contributed by atoms with Gasteiger partial charge in [-0.15, -0.1) is 4.98 Å². The highest BCUT2D eigenvalue weighted by atomic mass is 16.7. The molecule has 0 aliphatic rings. The van der Waals surface area contributed by atoms with E-state index in [4.69, 9.17) is 4.52 Å². The average molecular weight is 229 g/mol. The van der Waals surface area contributed by atoms with Crippen molar-refractivity contribution in [2.24, 2.45) is 0 Å². The number of ether oxygens (including phenoxy) is 2. The summed E-state index contributed by atoms with van der Waals surface area (Å²) >= 11 is 0. The Kier molecular flexibility index (Phi) is 4.56. The summed E-state index contributed by atoms with van der Waals surface area (Å²) in [7, 11) is 0. The highest BCUT2D eigenvalue weighted by Gasteiger charge is 2.15. The molecule has 0 saturated heterocycles. The number of aromatic nitrogens is 2. The van der Waals surface area contributed by atoms with Gasteiger partial charge in [-0.05, 0) is 25.9 Å². The molecule has 0 atom stereocenters. The van der Waals surface area contributed by atoms with Crippen molar-refractivity contribution in [1.82, 2.24) is 10.1 Å². The number of hydrogen-bond acceptors (Lipinski definition) is 7. The molecule has 7 heteroatoms. The minimum Gasteiger partial charge on any atom is -0.434 e. The Morgan fingerprint density at radius 1 is 1.38 bits per heavy atom. The Morgan fingerprint density at radius 3 is 2.62 bits per heavy atom. The van der Waals surface area contributed by atoms with Crippen molar-refractivity contribution in [2.75, 3.05) is 24.6 Å². The topological polar surface area (TPSA) is 77.7 Å². The second-order valence-electron chi connectivity index (χ2n) is 2.82. The van der Waals surface area contributed by atoms with Gasteiger partial charge >= 0.3 is 18.2 Å². The Bertz CT molecular complexity index is 335. The summed E-state index contributed by atoms with van der Waals surface area (Å²) in [5, 5.41) is 3.50. The minimum absolute atomic E-state index is 0.139. The Morgan fingerprint density at radius 2 is 2.06 bits per heavy atom. The van der Waals surface area contributed by atoms with Gasteiger partial charge in [0.1, 0.15) is 0 Å². The van der Waals surface area contributed by atoms with E-state index in [1.807, 2.05) is 18.7 Å². The van der Waals surface area contributed by atoms with Crippen molar-refractivity contribution in [1.29, 1.82) is 0 Å². The molecule has 16 heavy (non-hydrogen) atoms. The molecule has 0 fully saturated rings. The van der Waals surface area contributed by atoms with Crippen molar-refractivity contribution >= 4 is 12.2 Å². The first-order valence-electron chi connectivity index (χ1n) is 5.14. The van der Waals surface area contributed by atoms with Crippen molar-refractivity contribution in [3.63, 3.8) is 0 Å². The molecule has 1 aromatic heterocycles. The summed E-state index contributed by atoms with van der Waals surface area (Å²) in [5.41, 5.74) is 0. The maximum Gasteiger partial charge on any atom is 0.516 e. The molecular formula is C9H15N3O4. The molecule has 1 rings (SSSR count). The molecule has 7 nitrogen and oxygen atoms in total. The monoisotopic (exact) mass is 229 g/mol. The molecule has 0 aliphatic heterocycles. The van der Waals surface area contributed by atoms with E-state index in [-0.39, 0.29) is 12.6 Å². The van der Waals surface area contributed by atoms with Crippen molar-refractivity contribution in [3.8, 4) is 6.01 Å². The highest BCUT2D eigenvalue weighted by Crippen LogP contribution is 2.14. The smallest absolute Gasteiger partial charge is 0.434 e. The lowest BCUT2D eigenvalue weighted by Gasteiger charge is -2.13. The second-order valence-corrected chi connectivity index (χ2v) is 2.82. The van der Waals surface area contributed by atoms with Gasteiger partial charge in [-0.25, -0.2) is 4.79 Å². The summed E-state index contributed by atoms with van der Waals surface area (Å²) in [6.07, 6.45) is -0.839. The van der Waals surface area contributed by atoms with Gasteiger partial charge in [0.15, 0.2) is 0 Å².